The fraction of sp³-hybridized carbons (Fsp3) is 0.438. The van der Waals surface area contributed by atoms with Crippen LogP contribution in [0, 0.1) is 12.8 Å². The molecule has 2 aromatic rings. The third-order valence-electron chi connectivity index (χ3n) is 4.12. The molecule has 2 nitrogen and oxygen atoms in total. The van der Waals surface area contributed by atoms with E-state index in [0.717, 1.165) is 41.4 Å². The van der Waals surface area contributed by atoms with Crippen molar-refractivity contribution in [2.75, 3.05) is 0 Å². The number of aryl methyl sites for hydroxylation is 1. The Kier molecular flexibility index (Phi) is 2.63. The highest BCUT2D eigenvalue weighted by molar-refractivity contribution is 5.79. The van der Waals surface area contributed by atoms with Crippen molar-refractivity contribution in [3.8, 4) is 0 Å². The van der Waals surface area contributed by atoms with Crippen molar-refractivity contribution >= 4 is 10.9 Å². The number of rotatable bonds is 3. The minimum atomic E-state index is -0.640. The molecule has 1 atom stereocenters. The van der Waals surface area contributed by atoms with Crippen molar-refractivity contribution in [1.82, 2.24) is 4.98 Å². The van der Waals surface area contributed by atoms with Crippen LogP contribution in [0.15, 0.2) is 30.3 Å². The molecule has 1 saturated carbocycles. The Labute approximate surface area is 108 Å². The largest absolute Gasteiger partial charge is 0.385 e. The number of nitrogens with zero attached hydrogens (tertiary/aromatic N) is 1. The summed E-state index contributed by atoms with van der Waals surface area (Å²) >= 11 is 0. The quantitative estimate of drug-likeness (QED) is 0.891. The van der Waals surface area contributed by atoms with E-state index < -0.39 is 5.60 Å². The highest BCUT2D eigenvalue weighted by Crippen LogP contribution is 2.47. The molecule has 0 amide bonds. The molecule has 94 valence electrons. The first-order valence-electron chi connectivity index (χ1n) is 6.74. The van der Waals surface area contributed by atoms with Crippen LogP contribution in [0.2, 0.25) is 0 Å². The highest BCUT2D eigenvalue weighted by atomic mass is 16.3. The first kappa shape index (κ1) is 11.7. The molecule has 18 heavy (non-hydrogen) atoms. The molecule has 1 N–H and O–H groups in total. The molecule has 1 heterocycles. The molecular weight excluding hydrogens is 222 g/mol. The molecule has 1 fully saturated rings. The van der Waals surface area contributed by atoms with Crippen LogP contribution >= 0.6 is 0 Å². The molecular formula is C16H19NO. The molecule has 1 aromatic carbocycles. The third kappa shape index (κ3) is 1.81. The maximum atomic E-state index is 10.8. The van der Waals surface area contributed by atoms with Crippen LogP contribution in [0.4, 0.5) is 0 Å². The Bertz CT molecular complexity index is 589. The zero-order valence-electron chi connectivity index (χ0n) is 11.0. The lowest BCUT2D eigenvalue weighted by molar-refractivity contribution is 0.00903. The number of fused-ring (bicyclic) bond motifs is 1. The van der Waals surface area contributed by atoms with Gasteiger partial charge in [0.05, 0.1) is 11.1 Å². The number of aliphatic hydroxyl groups is 1. The van der Waals surface area contributed by atoms with E-state index in [-0.39, 0.29) is 0 Å². The Morgan fingerprint density at radius 1 is 1.28 bits per heavy atom. The van der Waals surface area contributed by atoms with Crippen LogP contribution < -0.4 is 0 Å². The van der Waals surface area contributed by atoms with Gasteiger partial charge in [0.1, 0.15) is 0 Å². The molecule has 2 heteroatoms. The SMILES string of the molecule is CCC(O)(c1ccc2nc(C)ccc2c1)C1CC1. The molecule has 1 aliphatic carbocycles. The summed E-state index contributed by atoms with van der Waals surface area (Å²) in [7, 11) is 0. The first-order chi connectivity index (χ1) is 8.63. The molecule has 1 aliphatic rings. The van der Waals surface area contributed by atoms with Crippen LogP contribution in [-0.2, 0) is 5.60 Å². The third-order valence-corrected chi connectivity index (χ3v) is 4.12. The standard InChI is InChI=1S/C16H19NO/c1-3-16(18,13-6-7-13)14-8-9-15-12(10-14)5-4-11(2)17-15/h4-5,8-10,13,18H,3,6-7H2,1-2H3. The van der Waals surface area contributed by atoms with Gasteiger partial charge in [-0.3, -0.25) is 4.98 Å². The van der Waals surface area contributed by atoms with Crippen molar-refractivity contribution in [2.45, 2.75) is 38.7 Å². The highest BCUT2D eigenvalue weighted by Gasteiger charge is 2.43. The van der Waals surface area contributed by atoms with Gasteiger partial charge < -0.3 is 5.11 Å². The minimum Gasteiger partial charge on any atom is -0.385 e. The van der Waals surface area contributed by atoms with Crippen molar-refractivity contribution in [2.24, 2.45) is 5.92 Å². The van der Waals surface area contributed by atoms with Gasteiger partial charge in [-0.2, -0.15) is 0 Å². The summed E-state index contributed by atoms with van der Waals surface area (Å²) in [5.41, 5.74) is 2.45. The lowest BCUT2D eigenvalue weighted by Crippen LogP contribution is -2.27. The second-order valence-electron chi connectivity index (χ2n) is 5.41. The van der Waals surface area contributed by atoms with Gasteiger partial charge in [-0.1, -0.05) is 19.1 Å². The summed E-state index contributed by atoms with van der Waals surface area (Å²) < 4.78 is 0. The van der Waals surface area contributed by atoms with Gasteiger partial charge in [0.2, 0.25) is 0 Å². The number of pyridine rings is 1. The maximum Gasteiger partial charge on any atom is 0.0922 e. The smallest absolute Gasteiger partial charge is 0.0922 e. The van der Waals surface area contributed by atoms with Crippen LogP contribution in [0.3, 0.4) is 0 Å². The van der Waals surface area contributed by atoms with Crippen molar-refractivity contribution in [1.29, 1.82) is 0 Å². The van der Waals surface area contributed by atoms with Crippen LogP contribution in [-0.4, -0.2) is 10.1 Å². The fourth-order valence-corrected chi connectivity index (χ4v) is 2.79. The Morgan fingerprint density at radius 3 is 2.72 bits per heavy atom. The van der Waals surface area contributed by atoms with Crippen LogP contribution in [0.1, 0.15) is 37.4 Å². The molecule has 0 saturated heterocycles. The minimum absolute atomic E-state index is 0.443. The average Bonchev–Trinajstić information content (AvgIpc) is 3.21. The van der Waals surface area contributed by atoms with E-state index in [9.17, 15) is 5.11 Å². The van der Waals surface area contributed by atoms with E-state index >= 15 is 0 Å². The fourth-order valence-electron chi connectivity index (χ4n) is 2.79. The molecule has 1 unspecified atom stereocenters. The molecule has 1 aromatic heterocycles. The lowest BCUT2D eigenvalue weighted by atomic mass is 9.86. The number of hydrogen-bond donors (Lipinski definition) is 1. The van der Waals surface area contributed by atoms with Gasteiger partial charge in [-0.05, 0) is 55.9 Å². The van der Waals surface area contributed by atoms with Crippen molar-refractivity contribution in [3.05, 3.63) is 41.6 Å². The van der Waals surface area contributed by atoms with Crippen molar-refractivity contribution in [3.63, 3.8) is 0 Å². The summed E-state index contributed by atoms with van der Waals surface area (Å²) in [6.45, 7) is 4.07. The van der Waals surface area contributed by atoms with Crippen LogP contribution in [0.25, 0.3) is 10.9 Å². The summed E-state index contributed by atoms with van der Waals surface area (Å²) in [5.74, 6) is 0.443. The molecule has 0 bridgehead atoms. The summed E-state index contributed by atoms with van der Waals surface area (Å²) in [6.07, 6.45) is 3.07. The molecule has 0 aliphatic heterocycles. The molecule has 3 rings (SSSR count). The Balaban J connectivity index is 2.10. The predicted molar refractivity (Wildman–Crippen MR) is 73.4 cm³/mol. The zero-order chi connectivity index (χ0) is 12.8. The van der Waals surface area contributed by atoms with Gasteiger partial charge >= 0.3 is 0 Å². The van der Waals surface area contributed by atoms with E-state index in [1.54, 1.807) is 0 Å². The predicted octanol–water partition coefficient (Wildman–Crippen LogP) is 3.55. The zero-order valence-corrected chi connectivity index (χ0v) is 11.0. The van der Waals surface area contributed by atoms with E-state index in [4.69, 9.17) is 0 Å². The van der Waals surface area contributed by atoms with Crippen LogP contribution in [0.5, 0.6) is 0 Å². The van der Waals surface area contributed by atoms with Gasteiger partial charge in [-0.25, -0.2) is 0 Å². The summed E-state index contributed by atoms with van der Waals surface area (Å²) in [5, 5.41) is 11.9. The van der Waals surface area contributed by atoms with Gasteiger partial charge in [0.15, 0.2) is 0 Å². The average molecular weight is 241 g/mol. The lowest BCUT2D eigenvalue weighted by Gasteiger charge is -2.27. The number of aromatic nitrogens is 1. The van der Waals surface area contributed by atoms with E-state index in [1.807, 2.05) is 25.1 Å². The van der Waals surface area contributed by atoms with E-state index in [1.165, 1.54) is 0 Å². The van der Waals surface area contributed by atoms with E-state index in [2.05, 4.69) is 24.0 Å². The Hall–Kier alpha value is -1.41. The first-order valence-corrected chi connectivity index (χ1v) is 6.74. The second kappa shape index (κ2) is 4.06. The van der Waals surface area contributed by atoms with Gasteiger partial charge in [-0.15, -0.1) is 0 Å². The monoisotopic (exact) mass is 241 g/mol. The van der Waals surface area contributed by atoms with Gasteiger partial charge in [0, 0.05) is 11.1 Å². The number of hydrogen-bond acceptors (Lipinski definition) is 2. The summed E-state index contributed by atoms with van der Waals surface area (Å²) in [6, 6.07) is 10.3. The van der Waals surface area contributed by atoms with E-state index in [0.29, 0.717) is 5.92 Å². The molecule has 0 spiro atoms. The topological polar surface area (TPSA) is 33.1 Å². The van der Waals surface area contributed by atoms with Gasteiger partial charge in [0.25, 0.3) is 0 Å². The Morgan fingerprint density at radius 2 is 2.06 bits per heavy atom. The second-order valence-corrected chi connectivity index (χ2v) is 5.41. The van der Waals surface area contributed by atoms with Crippen molar-refractivity contribution < 1.29 is 5.11 Å². The number of benzene rings is 1. The normalized spacial score (nSPS) is 18.8. The maximum absolute atomic E-state index is 10.8. The molecule has 0 radical (unpaired) electrons. The summed E-state index contributed by atoms with van der Waals surface area (Å²) in [4.78, 5) is 4.50.